The molecular weight excluding hydrogens is 414 g/mol. The Bertz CT molecular complexity index is 1120. The molecule has 1 aromatic heterocycles. The summed E-state index contributed by atoms with van der Waals surface area (Å²) < 4.78 is 2.02. The number of nitrogens with zero attached hydrogens (tertiary/aromatic N) is 2. The van der Waals surface area contributed by atoms with Crippen molar-refractivity contribution < 1.29 is 14.7 Å². The molecular formula is C27H25N3O3. The lowest BCUT2D eigenvalue weighted by Crippen LogP contribution is -2.41. The van der Waals surface area contributed by atoms with Gasteiger partial charge in [-0.2, -0.15) is 0 Å². The first kappa shape index (κ1) is 22.0. The SMILES string of the molecule is CC(=O)NC(Cc1cn(C(c2ccccc2)(c2ccccc2)c2ccccc2)cn1)C(=O)O. The number of carboxylic acid groups (broad SMARTS) is 1. The molecule has 0 aliphatic rings. The van der Waals surface area contributed by atoms with Crippen LogP contribution in [0.25, 0.3) is 0 Å². The first-order valence-electron chi connectivity index (χ1n) is 10.7. The minimum Gasteiger partial charge on any atom is -0.480 e. The molecule has 0 saturated heterocycles. The second-order valence-electron chi connectivity index (χ2n) is 7.88. The second-order valence-corrected chi connectivity index (χ2v) is 7.88. The van der Waals surface area contributed by atoms with Crippen molar-refractivity contribution in [3.8, 4) is 0 Å². The zero-order valence-corrected chi connectivity index (χ0v) is 18.3. The number of aliphatic carboxylic acids is 1. The minimum atomic E-state index is -1.10. The predicted octanol–water partition coefficient (Wildman–Crippen LogP) is 3.86. The van der Waals surface area contributed by atoms with Gasteiger partial charge >= 0.3 is 5.97 Å². The van der Waals surface area contributed by atoms with E-state index in [-0.39, 0.29) is 6.42 Å². The van der Waals surface area contributed by atoms with E-state index in [2.05, 4.69) is 46.7 Å². The molecule has 2 N–H and O–H groups in total. The number of imidazole rings is 1. The van der Waals surface area contributed by atoms with Crippen LogP contribution in [0.2, 0.25) is 0 Å². The monoisotopic (exact) mass is 439 g/mol. The number of carbonyl (C=O) groups is 2. The summed E-state index contributed by atoms with van der Waals surface area (Å²) in [5.74, 6) is -1.49. The van der Waals surface area contributed by atoms with Crippen molar-refractivity contribution in [2.45, 2.75) is 24.9 Å². The van der Waals surface area contributed by atoms with Gasteiger partial charge in [0.1, 0.15) is 11.6 Å². The Balaban J connectivity index is 1.90. The lowest BCUT2D eigenvalue weighted by molar-refractivity contribution is -0.141. The maximum absolute atomic E-state index is 11.7. The van der Waals surface area contributed by atoms with Crippen LogP contribution in [0.4, 0.5) is 0 Å². The van der Waals surface area contributed by atoms with Crippen LogP contribution in [0.5, 0.6) is 0 Å². The van der Waals surface area contributed by atoms with Gasteiger partial charge in [-0.1, -0.05) is 91.0 Å². The standard InChI is InChI=1S/C27H25N3O3/c1-20(31)29-25(26(32)33)17-24-18-30(19-28-24)27(21-11-5-2-6-12-21,22-13-7-3-8-14-22)23-15-9-4-10-16-23/h2-16,18-19,25H,17H2,1H3,(H,29,31)(H,32,33). The number of nitrogens with one attached hydrogen (secondary N) is 1. The Morgan fingerprint density at radius 2 is 1.33 bits per heavy atom. The normalized spacial score (nSPS) is 12.2. The van der Waals surface area contributed by atoms with E-state index in [1.54, 1.807) is 6.33 Å². The summed E-state index contributed by atoms with van der Waals surface area (Å²) in [4.78, 5) is 27.7. The molecule has 0 saturated carbocycles. The van der Waals surface area contributed by atoms with E-state index in [1.807, 2.05) is 65.4 Å². The van der Waals surface area contributed by atoms with Crippen LogP contribution < -0.4 is 5.32 Å². The van der Waals surface area contributed by atoms with Gasteiger partial charge in [0.05, 0.1) is 12.0 Å². The van der Waals surface area contributed by atoms with E-state index in [0.717, 1.165) is 16.7 Å². The molecule has 0 aliphatic carbocycles. The molecule has 0 spiro atoms. The highest BCUT2D eigenvalue weighted by Crippen LogP contribution is 2.40. The quantitative estimate of drug-likeness (QED) is 0.409. The van der Waals surface area contributed by atoms with Crippen molar-refractivity contribution in [1.82, 2.24) is 14.9 Å². The highest BCUT2D eigenvalue weighted by Gasteiger charge is 2.38. The summed E-state index contributed by atoms with van der Waals surface area (Å²) >= 11 is 0. The van der Waals surface area contributed by atoms with Crippen LogP contribution in [0, 0.1) is 0 Å². The van der Waals surface area contributed by atoms with Crippen molar-refractivity contribution in [2.24, 2.45) is 0 Å². The van der Waals surface area contributed by atoms with Gasteiger partial charge in [-0.05, 0) is 16.7 Å². The van der Waals surface area contributed by atoms with Crippen LogP contribution in [0.3, 0.4) is 0 Å². The lowest BCUT2D eigenvalue weighted by atomic mass is 9.77. The average molecular weight is 440 g/mol. The molecule has 0 aliphatic heterocycles. The Morgan fingerprint density at radius 3 is 1.73 bits per heavy atom. The maximum Gasteiger partial charge on any atom is 0.326 e. The van der Waals surface area contributed by atoms with Gasteiger partial charge in [0, 0.05) is 19.5 Å². The van der Waals surface area contributed by atoms with E-state index in [1.165, 1.54) is 6.92 Å². The Hall–Kier alpha value is -4.19. The first-order valence-corrected chi connectivity index (χ1v) is 10.7. The third-order valence-electron chi connectivity index (χ3n) is 5.69. The highest BCUT2D eigenvalue weighted by molar-refractivity contribution is 5.82. The smallest absolute Gasteiger partial charge is 0.326 e. The number of benzene rings is 3. The average Bonchev–Trinajstić information content (AvgIpc) is 3.30. The van der Waals surface area contributed by atoms with Gasteiger partial charge in [0.2, 0.25) is 5.91 Å². The molecule has 166 valence electrons. The summed E-state index contributed by atoms with van der Waals surface area (Å²) in [5, 5.41) is 12.0. The molecule has 1 heterocycles. The fourth-order valence-electron chi connectivity index (χ4n) is 4.29. The molecule has 0 radical (unpaired) electrons. The Kier molecular flexibility index (Phi) is 6.36. The zero-order chi connectivity index (χ0) is 23.3. The third kappa shape index (κ3) is 4.41. The van der Waals surface area contributed by atoms with Crippen molar-refractivity contribution in [2.75, 3.05) is 0 Å². The number of aromatic nitrogens is 2. The number of carbonyl (C=O) groups excluding carboxylic acids is 1. The molecule has 1 atom stereocenters. The topological polar surface area (TPSA) is 84.2 Å². The summed E-state index contributed by atoms with van der Waals surface area (Å²) in [6.45, 7) is 1.31. The first-order chi connectivity index (χ1) is 16.0. The Labute approximate surface area is 192 Å². The summed E-state index contributed by atoms with van der Waals surface area (Å²) in [6.07, 6.45) is 3.68. The molecule has 0 bridgehead atoms. The number of rotatable bonds is 8. The van der Waals surface area contributed by atoms with Crippen LogP contribution in [-0.4, -0.2) is 32.6 Å². The molecule has 1 unspecified atom stereocenters. The fourth-order valence-corrected chi connectivity index (χ4v) is 4.29. The molecule has 4 aromatic rings. The molecule has 33 heavy (non-hydrogen) atoms. The van der Waals surface area contributed by atoms with E-state index in [4.69, 9.17) is 0 Å². The third-order valence-corrected chi connectivity index (χ3v) is 5.69. The van der Waals surface area contributed by atoms with Crippen molar-refractivity contribution in [3.63, 3.8) is 0 Å². The molecule has 3 aromatic carbocycles. The van der Waals surface area contributed by atoms with Gasteiger partial charge in [-0.25, -0.2) is 9.78 Å². The zero-order valence-electron chi connectivity index (χ0n) is 18.3. The number of amides is 1. The molecule has 6 heteroatoms. The summed E-state index contributed by atoms with van der Waals surface area (Å²) in [6, 6.07) is 29.4. The molecule has 0 fully saturated rings. The highest BCUT2D eigenvalue weighted by atomic mass is 16.4. The van der Waals surface area contributed by atoms with Crippen LogP contribution in [0.15, 0.2) is 104 Å². The van der Waals surface area contributed by atoms with E-state index in [9.17, 15) is 14.7 Å². The van der Waals surface area contributed by atoms with Crippen LogP contribution in [-0.2, 0) is 21.5 Å². The maximum atomic E-state index is 11.7. The van der Waals surface area contributed by atoms with Crippen molar-refractivity contribution >= 4 is 11.9 Å². The van der Waals surface area contributed by atoms with E-state index < -0.39 is 23.5 Å². The summed E-state index contributed by atoms with van der Waals surface area (Å²) in [5.41, 5.74) is 2.99. The largest absolute Gasteiger partial charge is 0.480 e. The van der Waals surface area contributed by atoms with Crippen molar-refractivity contribution in [3.05, 3.63) is 126 Å². The van der Waals surface area contributed by atoms with Gasteiger partial charge in [0.15, 0.2) is 0 Å². The van der Waals surface area contributed by atoms with Crippen LogP contribution in [0.1, 0.15) is 29.3 Å². The minimum absolute atomic E-state index is 0.0797. The number of carboxylic acids is 1. The number of hydrogen-bond acceptors (Lipinski definition) is 3. The molecule has 1 amide bonds. The second kappa shape index (κ2) is 9.53. The summed E-state index contributed by atoms with van der Waals surface area (Å²) in [7, 11) is 0. The fraction of sp³-hybridized carbons (Fsp3) is 0.148. The predicted molar refractivity (Wildman–Crippen MR) is 126 cm³/mol. The molecule has 6 nitrogen and oxygen atoms in total. The van der Waals surface area contributed by atoms with Crippen LogP contribution >= 0.6 is 0 Å². The van der Waals surface area contributed by atoms with E-state index in [0.29, 0.717) is 5.69 Å². The number of hydrogen-bond donors (Lipinski definition) is 2. The van der Waals surface area contributed by atoms with Gasteiger partial charge in [-0.15, -0.1) is 0 Å². The van der Waals surface area contributed by atoms with Gasteiger partial charge in [0.25, 0.3) is 0 Å². The Morgan fingerprint density at radius 1 is 0.879 bits per heavy atom. The van der Waals surface area contributed by atoms with Crippen molar-refractivity contribution in [1.29, 1.82) is 0 Å². The van der Waals surface area contributed by atoms with Gasteiger partial charge < -0.3 is 15.0 Å². The lowest BCUT2D eigenvalue weighted by Gasteiger charge is -2.37. The van der Waals surface area contributed by atoms with E-state index >= 15 is 0 Å². The molecule has 4 rings (SSSR count). The van der Waals surface area contributed by atoms with Gasteiger partial charge in [-0.3, -0.25) is 4.79 Å².